The highest BCUT2D eigenvalue weighted by Gasteiger charge is 2.63. The lowest BCUT2D eigenvalue weighted by molar-refractivity contribution is -0.133. The Hall–Kier alpha value is -6.28. The van der Waals surface area contributed by atoms with E-state index in [1.165, 1.54) is 15.4 Å². The van der Waals surface area contributed by atoms with Crippen molar-refractivity contribution in [2.75, 3.05) is 0 Å². The third kappa shape index (κ3) is 4.05. The van der Waals surface area contributed by atoms with Crippen molar-refractivity contribution >= 4 is 27.9 Å². The van der Waals surface area contributed by atoms with Gasteiger partial charge in [-0.15, -0.1) is 0 Å². The Morgan fingerprint density at radius 2 is 1.36 bits per heavy atom. The first-order chi connectivity index (χ1) is 24.4. The van der Waals surface area contributed by atoms with Gasteiger partial charge in [-0.1, -0.05) is 115 Å². The van der Waals surface area contributed by atoms with Crippen LogP contribution >= 0.6 is 0 Å². The largest absolute Gasteiger partial charge is 0.508 e. The van der Waals surface area contributed by atoms with Crippen molar-refractivity contribution in [2.45, 2.75) is 30.3 Å². The van der Waals surface area contributed by atoms with Crippen LogP contribution in [0, 0.1) is 5.92 Å². The van der Waals surface area contributed by atoms with E-state index in [2.05, 4.69) is 0 Å². The number of Topliss-reactive ketones (excluding diaryl/α,β-unsaturated/α-hetero) is 1. The summed E-state index contributed by atoms with van der Waals surface area (Å²) in [5.41, 5.74) is 0.771. The zero-order chi connectivity index (χ0) is 34.1. The number of phenols is 1. The number of hydrogen-bond donors (Lipinski definition) is 1. The van der Waals surface area contributed by atoms with Crippen LogP contribution in [0.1, 0.15) is 35.1 Å². The molecule has 0 spiro atoms. The van der Waals surface area contributed by atoms with Crippen molar-refractivity contribution in [2.24, 2.45) is 5.92 Å². The molecule has 8 heteroatoms. The molecule has 1 fully saturated rings. The molecule has 9 rings (SSSR count). The van der Waals surface area contributed by atoms with Crippen LogP contribution in [0.2, 0.25) is 0 Å². The standard InChI is InChI=1S/C42H31N3O5/c46-35-21-20-27-14-10-11-19-30(27)37(35)38-31-22-23-43-40(49)44(29-17-8-3-9-18-29)41(50)45(43)34(31)25-33-39(48)32(26-12-4-1-5-13-26)24-36(47)42(33,38)28-15-6-2-7-16-28/h1-22,24,33-34,38,46H,23,25H2. The molecule has 1 aliphatic heterocycles. The van der Waals surface area contributed by atoms with Crippen LogP contribution in [0.4, 0.5) is 0 Å². The molecule has 8 nitrogen and oxygen atoms in total. The van der Waals surface area contributed by atoms with Gasteiger partial charge < -0.3 is 5.11 Å². The number of allylic oxidation sites excluding steroid dienone is 4. The number of benzene rings is 5. The van der Waals surface area contributed by atoms with Crippen LogP contribution in [0.25, 0.3) is 22.0 Å². The molecular formula is C42H31N3O5. The molecule has 2 aliphatic carbocycles. The second-order valence-corrected chi connectivity index (χ2v) is 13.2. The smallest absolute Gasteiger partial charge is 0.352 e. The molecule has 5 aromatic carbocycles. The summed E-state index contributed by atoms with van der Waals surface area (Å²) in [6.07, 6.45) is 3.49. The average molecular weight is 658 g/mol. The summed E-state index contributed by atoms with van der Waals surface area (Å²) in [5, 5.41) is 13.5. The fourth-order valence-corrected chi connectivity index (χ4v) is 8.84. The van der Waals surface area contributed by atoms with Gasteiger partial charge >= 0.3 is 11.4 Å². The van der Waals surface area contributed by atoms with E-state index in [0.29, 0.717) is 33.5 Å². The van der Waals surface area contributed by atoms with E-state index in [4.69, 9.17) is 0 Å². The molecule has 0 saturated heterocycles. The van der Waals surface area contributed by atoms with E-state index in [1.54, 1.807) is 30.3 Å². The molecule has 0 bridgehead atoms. The molecule has 244 valence electrons. The quantitative estimate of drug-likeness (QED) is 0.230. The summed E-state index contributed by atoms with van der Waals surface area (Å²) in [7, 11) is 0. The number of carbonyl (C=O) groups is 2. The summed E-state index contributed by atoms with van der Waals surface area (Å²) in [5.74, 6) is -2.30. The van der Waals surface area contributed by atoms with Gasteiger partial charge in [-0.25, -0.2) is 23.5 Å². The Kier molecular flexibility index (Phi) is 6.64. The van der Waals surface area contributed by atoms with E-state index >= 15 is 9.59 Å². The predicted octanol–water partition coefficient (Wildman–Crippen LogP) is 6.12. The SMILES string of the molecule is O=C1C(c2ccccc2)=CC(=O)C2(c3ccccc3)C1CC1C(=CCn3c(=O)n(-c4ccccc4)c(=O)n31)C2c1c(O)ccc2ccccc12. The lowest BCUT2D eigenvalue weighted by atomic mass is 9.47. The van der Waals surface area contributed by atoms with E-state index in [9.17, 15) is 14.7 Å². The van der Waals surface area contributed by atoms with Crippen molar-refractivity contribution in [3.63, 3.8) is 0 Å². The minimum Gasteiger partial charge on any atom is -0.508 e. The lowest BCUT2D eigenvalue weighted by Gasteiger charge is -2.54. The van der Waals surface area contributed by atoms with Gasteiger partial charge in [0.1, 0.15) is 5.75 Å². The van der Waals surface area contributed by atoms with Crippen LogP contribution < -0.4 is 11.4 Å². The van der Waals surface area contributed by atoms with Crippen LogP contribution in [-0.4, -0.2) is 30.6 Å². The maximum atomic E-state index is 15.3. The zero-order valence-electron chi connectivity index (χ0n) is 26.8. The second kappa shape index (κ2) is 11.1. The number of fused-ring (bicyclic) bond motifs is 5. The number of rotatable bonds is 4. The molecule has 0 amide bonds. The Balaban J connectivity index is 1.38. The number of carbonyl (C=O) groups excluding carboxylic acids is 2. The van der Waals surface area contributed by atoms with Gasteiger partial charge in [0.15, 0.2) is 11.6 Å². The predicted molar refractivity (Wildman–Crippen MR) is 190 cm³/mol. The van der Waals surface area contributed by atoms with Gasteiger partial charge in [-0.3, -0.25) is 9.59 Å². The van der Waals surface area contributed by atoms with Crippen LogP contribution in [-0.2, 0) is 21.5 Å². The number of phenolic OH excluding ortho intramolecular Hbond substituents is 1. The molecule has 1 aromatic heterocycles. The topological polar surface area (TPSA) is 103 Å². The van der Waals surface area contributed by atoms with E-state index in [1.807, 2.05) is 103 Å². The maximum absolute atomic E-state index is 15.3. The summed E-state index contributed by atoms with van der Waals surface area (Å²) in [6, 6.07) is 37.6. The van der Waals surface area contributed by atoms with Gasteiger partial charge in [0.05, 0.1) is 23.7 Å². The third-order valence-electron chi connectivity index (χ3n) is 10.9. The molecule has 50 heavy (non-hydrogen) atoms. The normalized spacial score (nSPS) is 22.7. The summed E-state index contributed by atoms with van der Waals surface area (Å²) in [6.45, 7) is 0.0740. The monoisotopic (exact) mass is 657 g/mol. The van der Waals surface area contributed by atoms with E-state index < -0.39 is 34.7 Å². The highest BCUT2D eigenvalue weighted by Crippen LogP contribution is 2.63. The number of para-hydroxylation sites is 1. The van der Waals surface area contributed by atoms with Crippen molar-refractivity contribution in [3.8, 4) is 11.4 Å². The van der Waals surface area contributed by atoms with Crippen molar-refractivity contribution in [1.82, 2.24) is 13.9 Å². The maximum Gasteiger partial charge on any atom is 0.352 e. The third-order valence-corrected chi connectivity index (χ3v) is 10.9. The average Bonchev–Trinajstić information content (AvgIpc) is 3.42. The Morgan fingerprint density at radius 1 is 0.700 bits per heavy atom. The lowest BCUT2D eigenvalue weighted by Crippen LogP contribution is -2.58. The van der Waals surface area contributed by atoms with Crippen molar-refractivity contribution in [1.29, 1.82) is 0 Å². The fraction of sp³-hybridized carbons (Fsp3) is 0.143. The molecule has 3 aliphatic rings. The number of aromatic nitrogens is 3. The number of nitrogens with zero attached hydrogens (tertiary/aromatic N) is 3. The van der Waals surface area contributed by atoms with Crippen molar-refractivity contribution < 1.29 is 14.7 Å². The number of ketones is 2. The Morgan fingerprint density at radius 3 is 2.10 bits per heavy atom. The van der Waals surface area contributed by atoms with Crippen molar-refractivity contribution in [3.05, 3.63) is 183 Å². The molecular weight excluding hydrogens is 626 g/mol. The first-order valence-corrected chi connectivity index (χ1v) is 16.7. The van der Waals surface area contributed by atoms with E-state index in [-0.39, 0.29) is 30.3 Å². The first kappa shape index (κ1) is 29.8. The molecule has 4 unspecified atom stereocenters. The molecule has 4 atom stereocenters. The minimum absolute atomic E-state index is 0.0143. The Labute approximate surface area is 286 Å². The minimum atomic E-state index is -1.46. The number of hydrogen-bond acceptors (Lipinski definition) is 5. The van der Waals surface area contributed by atoms with Crippen LogP contribution in [0.3, 0.4) is 0 Å². The highest BCUT2D eigenvalue weighted by atomic mass is 16.3. The zero-order valence-corrected chi connectivity index (χ0v) is 26.8. The molecule has 0 radical (unpaired) electrons. The van der Waals surface area contributed by atoms with Gasteiger partial charge in [0.25, 0.3) is 0 Å². The molecule has 1 saturated carbocycles. The summed E-state index contributed by atoms with van der Waals surface area (Å²) in [4.78, 5) is 58.7. The summed E-state index contributed by atoms with van der Waals surface area (Å²) >= 11 is 0. The molecule has 6 aromatic rings. The van der Waals surface area contributed by atoms with Crippen LogP contribution in [0.15, 0.2) is 155 Å². The molecule has 1 N–H and O–H groups in total. The summed E-state index contributed by atoms with van der Waals surface area (Å²) < 4.78 is 4.04. The second-order valence-electron chi connectivity index (χ2n) is 13.2. The van der Waals surface area contributed by atoms with Crippen LogP contribution in [0.5, 0.6) is 5.75 Å². The van der Waals surface area contributed by atoms with Gasteiger partial charge in [-0.05, 0) is 58.2 Å². The van der Waals surface area contributed by atoms with Gasteiger partial charge in [-0.2, -0.15) is 0 Å². The highest BCUT2D eigenvalue weighted by molar-refractivity contribution is 6.31. The molecule has 2 heterocycles. The van der Waals surface area contributed by atoms with Gasteiger partial charge in [0.2, 0.25) is 0 Å². The Bertz CT molecular complexity index is 2540. The number of aromatic hydroxyl groups is 1. The fourth-order valence-electron chi connectivity index (χ4n) is 8.84. The van der Waals surface area contributed by atoms with Gasteiger partial charge in [0, 0.05) is 23.0 Å². The first-order valence-electron chi connectivity index (χ1n) is 16.7. The van der Waals surface area contributed by atoms with E-state index in [0.717, 1.165) is 15.3 Å².